The van der Waals surface area contributed by atoms with Crippen LogP contribution in [0.25, 0.3) is 16.0 Å². The molecule has 4 aromatic rings. The number of methoxy groups -OCH3 is 2. The number of Topliss-reactive ketones (excluding diaryl/α,β-unsaturated/α-hetero) is 1. The molecule has 194 valence electrons. The van der Waals surface area contributed by atoms with Crippen molar-refractivity contribution in [3.63, 3.8) is 0 Å². The largest absolute Gasteiger partial charge is 0.507 e. The Morgan fingerprint density at radius 3 is 2.50 bits per heavy atom. The number of carbonyl (C=O) groups excluding carboxylic acids is 2. The van der Waals surface area contributed by atoms with Crippen molar-refractivity contribution in [2.24, 2.45) is 0 Å². The van der Waals surface area contributed by atoms with E-state index in [1.54, 1.807) is 32.4 Å². The summed E-state index contributed by atoms with van der Waals surface area (Å²) >= 11 is 1.29. The summed E-state index contributed by atoms with van der Waals surface area (Å²) < 4.78 is 11.6. The van der Waals surface area contributed by atoms with Gasteiger partial charge in [0.2, 0.25) is 0 Å². The third kappa shape index (κ3) is 4.31. The van der Waals surface area contributed by atoms with Crippen molar-refractivity contribution >= 4 is 44.1 Å². The zero-order chi connectivity index (χ0) is 27.1. The monoisotopic (exact) mass is 528 g/mol. The minimum Gasteiger partial charge on any atom is -0.507 e. The minimum absolute atomic E-state index is 0.0253. The van der Waals surface area contributed by atoms with E-state index in [0.717, 1.165) is 15.8 Å². The number of hydrogen-bond acceptors (Lipinski definition) is 7. The molecule has 1 atom stereocenters. The quantitative estimate of drug-likeness (QED) is 0.178. The van der Waals surface area contributed by atoms with Crippen molar-refractivity contribution in [2.45, 2.75) is 32.7 Å². The fourth-order valence-electron chi connectivity index (χ4n) is 4.80. The van der Waals surface area contributed by atoms with E-state index < -0.39 is 17.7 Å². The Morgan fingerprint density at radius 1 is 1.03 bits per heavy atom. The van der Waals surface area contributed by atoms with Gasteiger partial charge in [-0.1, -0.05) is 55.0 Å². The molecule has 8 heteroatoms. The average Bonchev–Trinajstić information content (AvgIpc) is 3.45. The average molecular weight is 529 g/mol. The van der Waals surface area contributed by atoms with Gasteiger partial charge in [0.05, 0.1) is 36.1 Å². The maximum Gasteiger partial charge on any atom is 0.301 e. The van der Waals surface area contributed by atoms with Gasteiger partial charge in [-0.2, -0.15) is 0 Å². The first-order valence-corrected chi connectivity index (χ1v) is 13.1. The van der Waals surface area contributed by atoms with Crippen LogP contribution in [0.4, 0.5) is 5.13 Å². The van der Waals surface area contributed by atoms with E-state index in [-0.39, 0.29) is 17.3 Å². The number of carbonyl (C=O) groups is 2. The highest BCUT2D eigenvalue weighted by Gasteiger charge is 2.48. The fraction of sp³-hybridized carbons (Fsp3) is 0.233. The van der Waals surface area contributed by atoms with Crippen LogP contribution < -0.4 is 14.4 Å². The van der Waals surface area contributed by atoms with Gasteiger partial charge in [0.25, 0.3) is 5.78 Å². The van der Waals surface area contributed by atoms with Gasteiger partial charge >= 0.3 is 5.91 Å². The maximum absolute atomic E-state index is 13.6. The van der Waals surface area contributed by atoms with E-state index in [4.69, 9.17) is 9.47 Å². The Bertz CT molecular complexity index is 1600. The third-order valence-corrected chi connectivity index (χ3v) is 7.74. The van der Waals surface area contributed by atoms with Gasteiger partial charge in [0.1, 0.15) is 17.3 Å². The Kier molecular flexibility index (Phi) is 6.67. The lowest BCUT2D eigenvalue weighted by molar-refractivity contribution is -0.132. The van der Waals surface area contributed by atoms with E-state index in [0.29, 0.717) is 33.3 Å². The van der Waals surface area contributed by atoms with E-state index >= 15 is 0 Å². The second kappa shape index (κ2) is 9.95. The number of benzene rings is 3. The lowest BCUT2D eigenvalue weighted by atomic mass is 9.92. The normalized spacial score (nSPS) is 17.0. The number of rotatable bonds is 6. The highest BCUT2D eigenvalue weighted by atomic mass is 32.1. The Hall–Kier alpha value is -4.17. The molecule has 1 aromatic heterocycles. The van der Waals surface area contributed by atoms with E-state index in [1.165, 1.54) is 16.2 Å². The number of aromatic nitrogens is 1. The molecule has 1 saturated heterocycles. The van der Waals surface area contributed by atoms with Gasteiger partial charge in [0, 0.05) is 5.56 Å². The van der Waals surface area contributed by atoms with Crippen LogP contribution in [0, 0.1) is 6.92 Å². The number of ether oxygens (including phenoxy) is 2. The molecule has 0 bridgehead atoms. The summed E-state index contributed by atoms with van der Waals surface area (Å²) in [6.07, 6.45) is 0. The van der Waals surface area contributed by atoms with Crippen LogP contribution >= 0.6 is 11.3 Å². The first-order valence-electron chi connectivity index (χ1n) is 12.2. The number of aliphatic hydroxyl groups is 1. The van der Waals surface area contributed by atoms with Crippen LogP contribution in [0.3, 0.4) is 0 Å². The molecule has 5 rings (SSSR count). The molecular formula is C30H28N2O5S. The lowest BCUT2D eigenvalue weighted by Gasteiger charge is -2.23. The summed E-state index contributed by atoms with van der Waals surface area (Å²) in [6, 6.07) is 17.5. The molecule has 1 fully saturated rings. The van der Waals surface area contributed by atoms with Crippen molar-refractivity contribution < 1.29 is 24.2 Å². The summed E-state index contributed by atoms with van der Waals surface area (Å²) in [6.45, 7) is 5.99. The van der Waals surface area contributed by atoms with Crippen LogP contribution in [0.2, 0.25) is 0 Å². The summed E-state index contributed by atoms with van der Waals surface area (Å²) in [5.41, 5.74) is 3.72. The van der Waals surface area contributed by atoms with Gasteiger partial charge < -0.3 is 14.6 Å². The van der Waals surface area contributed by atoms with Crippen LogP contribution in [-0.2, 0) is 9.59 Å². The first-order chi connectivity index (χ1) is 18.2. The highest BCUT2D eigenvalue weighted by Crippen LogP contribution is 2.45. The number of fused-ring (bicyclic) bond motifs is 1. The zero-order valence-corrected chi connectivity index (χ0v) is 22.6. The second-order valence-corrected chi connectivity index (χ2v) is 10.5. The van der Waals surface area contributed by atoms with E-state index in [2.05, 4.69) is 4.98 Å². The number of nitrogens with zero attached hydrogens (tertiary/aromatic N) is 2. The van der Waals surface area contributed by atoms with Crippen molar-refractivity contribution in [1.82, 2.24) is 4.98 Å². The van der Waals surface area contributed by atoms with Gasteiger partial charge in [-0.25, -0.2) is 4.98 Å². The molecule has 0 radical (unpaired) electrons. The maximum atomic E-state index is 13.6. The molecule has 1 amide bonds. The second-order valence-electron chi connectivity index (χ2n) is 9.52. The minimum atomic E-state index is -0.845. The number of amides is 1. The molecule has 3 aromatic carbocycles. The molecule has 0 saturated carbocycles. The third-order valence-electron chi connectivity index (χ3n) is 6.72. The molecule has 0 spiro atoms. The topological polar surface area (TPSA) is 89.0 Å². The van der Waals surface area contributed by atoms with E-state index in [1.807, 2.05) is 63.2 Å². The van der Waals surface area contributed by atoms with Crippen LogP contribution in [-0.4, -0.2) is 36.0 Å². The molecular weight excluding hydrogens is 500 g/mol. The van der Waals surface area contributed by atoms with Crippen LogP contribution in [0.1, 0.15) is 48.1 Å². The molecule has 1 N–H and O–H groups in total. The summed E-state index contributed by atoms with van der Waals surface area (Å²) in [5.74, 6) is -0.242. The smallest absolute Gasteiger partial charge is 0.301 e. The Labute approximate surface area is 225 Å². The van der Waals surface area contributed by atoms with E-state index in [9.17, 15) is 14.7 Å². The predicted octanol–water partition coefficient (Wildman–Crippen LogP) is 6.37. The number of hydrogen-bond donors (Lipinski definition) is 1. The number of thiazole rings is 1. The van der Waals surface area contributed by atoms with Crippen LogP contribution in [0.5, 0.6) is 11.5 Å². The van der Waals surface area contributed by atoms with Gasteiger partial charge in [-0.3, -0.25) is 14.5 Å². The predicted molar refractivity (Wildman–Crippen MR) is 149 cm³/mol. The number of anilines is 1. The summed E-state index contributed by atoms with van der Waals surface area (Å²) in [4.78, 5) is 33.2. The molecule has 7 nitrogen and oxygen atoms in total. The van der Waals surface area contributed by atoms with Gasteiger partial charge in [-0.05, 0) is 60.4 Å². The van der Waals surface area contributed by atoms with Gasteiger partial charge in [0.15, 0.2) is 5.13 Å². The number of ketones is 1. The van der Waals surface area contributed by atoms with Crippen molar-refractivity contribution in [3.8, 4) is 11.5 Å². The molecule has 0 aliphatic carbocycles. The molecule has 38 heavy (non-hydrogen) atoms. The van der Waals surface area contributed by atoms with Crippen molar-refractivity contribution in [1.29, 1.82) is 0 Å². The Morgan fingerprint density at radius 2 is 1.82 bits per heavy atom. The fourth-order valence-corrected chi connectivity index (χ4v) is 5.82. The Balaban J connectivity index is 1.72. The SMILES string of the molecule is COc1ccc2nc(N3C(=O)C(=O)/C(=C(/O)c4ccc(OC)c(C(C)C)c4)C3c3cccc(C)c3)sc2c1. The zero-order valence-electron chi connectivity index (χ0n) is 21.8. The highest BCUT2D eigenvalue weighted by molar-refractivity contribution is 7.22. The van der Waals surface area contributed by atoms with Crippen molar-refractivity contribution in [3.05, 3.63) is 88.5 Å². The summed E-state index contributed by atoms with van der Waals surface area (Å²) in [5, 5.41) is 11.9. The van der Waals surface area contributed by atoms with Crippen molar-refractivity contribution in [2.75, 3.05) is 19.1 Å². The summed E-state index contributed by atoms with van der Waals surface area (Å²) in [7, 11) is 3.18. The number of aryl methyl sites for hydroxylation is 1. The lowest BCUT2D eigenvalue weighted by Crippen LogP contribution is -2.29. The standard InChI is InChI=1S/C30H28N2O5S/c1-16(2)21-14-19(9-12-23(21)37-5)27(33)25-26(18-8-6-7-17(3)13-18)32(29(35)28(25)34)30-31-22-11-10-20(36-4)15-24(22)38-30/h6-16,26,33H,1-5H3/b27-25+. The first kappa shape index (κ1) is 25.5. The van der Waals surface area contributed by atoms with Gasteiger partial charge in [-0.15, -0.1) is 0 Å². The molecule has 1 aliphatic heterocycles. The van der Waals surface area contributed by atoms with Crippen LogP contribution in [0.15, 0.2) is 66.2 Å². The molecule has 2 heterocycles. The molecule has 1 aliphatic rings. The molecule has 1 unspecified atom stereocenters. The number of aliphatic hydroxyl groups excluding tert-OH is 1.